The molecule has 0 radical (unpaired) electrons. The molecule has 0 amide bonds. The highest BCUT2D eigenvalue weighted by Gasteiger charge is 1.97. The van der Waals surface area contributed by atoms with Gasteiger partial charge in [-0.15, -0.1) is 0 Å². The van der Waals surface area contributed by atoms with Gasteiger partial charge < -0.3 is 10.3 Å². The van der Waals surface area contributed by atoms with E-state index in [4.69, 9.17) is 0 Å². The Hall–Kier alpha value is -2.21. The molecule has 4 nitrogen and oxygen atoms in total. The molecule has 0 fully saturated rings. The second kappa shape index (κ2) is 7.17. The first-order valence-electron chi connectivity index (χ1n) is 6.79. The van der Waals surface area contributed by atoms with E-state index in [2.05, 4.69) is 48.2 Å². The van der Waals surface area contributed by atoms with Gasteiger partial charge in [-0.05, 0) is 22.9 Å². The summed E-state index contributed by atoms with van der Waals surface area (Å²) in [5, 5.41) is 2.63. The summed E-state index contributed by atoms with van der Waals surface area (Å²) in [6.45, 7) is 0.862. The van der Waals surface area contributed by atoms with Crippen LogP contribution in [-0.4, -0.2) is 13.0 Å². The Balaban J connectivity index is 0.000000164. The predicted molar refractivity (Wildman–Crippen MR) is 84.9 cm³/mol. The molecule has 0 aliphatic carbocycles. The Bertz CT molecular complexity index is 841. The Morgan fingerprint density at radius 2 is 1.41 bits per heavy atom. The third-order valence-corrected chi connectivity index (χ3v) is 4.03. The molecule has 3 aromatic carbocycles. The standard InChI is InChI=1S/C11H11N.C6H6O3S/c12-8-10-6-3-5-9-4-1-2-7-11(9)10;7-10(8,9)6-4-2-1-3-5-6/h1-7H,8,12H2;1-5H,(H,7,8,9). The predicted octanol–water partition coefficient (Wildman–Crippen LogP) is 2.17. The Labute approximate surface area is 130 Å². The van der Waals surface area contributed by atoms with Gasteiger partial charge in [0.15, 0.2) is 0 Å². The number of rotatable bonds is 2. The van der Waals surface area contributed by atoms with Crippen LogP contribution < -0.4 is 5.73 Å². The van der Waals surface area contributed by atoms with Crippen molar-refractivity contribution in [1.29, 1.82) is 0 Å². The van der Waals surface area contributed by atoms with E-state index in [0.29, 0.717) is 0 Å². The number of hydrogen-bond donors (Lipinski definition) is 1. The fourth-order valence-corrected chi connectivity index (χ4v) is 2.59. The molecule has 0 bridgehead atoms. The lowest BCUT2D eigenvalue weighted by Crippen LogP contribution is -2.47. The summed E-state index contributed by atoms with van der Waals surface area (Å²) >= 11 is 0. The molecule has 114 valence electrons. The van der Waals surface area contributed by atoms with E-state index < -0.39 is 10.1 Å². The SMILES string of the molecule is O=S(=O)([O-])c1ccccc1.[NH3+]Cc1cccc2ccccc12. The zero-order chi connectivity index (χ0) is 16.0. The normalized spacial score (nSPS) is 10.8. The molecule has 3 rings (SSSR count). The molecular weight excluding hydrogens is 298 g/mol. The van der Waals surface area contributed by atoms with Gasteiger partial charge >= 0.3 is 0 Å². The third kappa shape index (κ3) is 4.14. The van der Waals surface area contributed by atoms with Gasteiger partial charge in [0.25, 0.3) is 0 Å². The maximum absolute atomic E-state index is 10.3. The van der Waals surface area contributed by atoms with E-state index in [1.807, 2.05) is 0 Å². The fourth-order valence-electron chi connectivity index (χ4n) is 2.10. The van der Waals surface area contributed by atoms with E-state index >= 15 is 0 Å². The first kappa shape index (κ1) is 16.2. The number of benzene rings is 3. The van der Waals surface area contributed by atoms with Crippen LogP contribution in [0.15, 0.2) is 77.7 Å². The molecular formula is C17H17NO3S. The third-order valence-electron chi connectivity index (χ3n) is 3.18. The molecule has 0 saturated carbocycles. The molecule has 3 aromatic rings. The maximum atomic E-state index is 10.3. The first-order chi connectivity index (χ1) is 10.5. The van der Waals surface area contributed by atoms with Crippen LogP contribution in [0.1, 0.15) is 5.56 Å². The number of fused-ring (bicyclic) bond motifs is 1. The molecule has 0 aliphatic heterocycles. The number of quaternary nitrogens is 1. The first-order valence-corrected chi connectivity index (χ1v) is 8.20. The molecule has 3 N–H and O–H groups in total. The molecule has 5 heteroatoms. The Morgan fingerprint density at radius 3 is 2.00 bits per heavy atom. The number of hydrogen-bond acceptors (Lipinski definition) is 3. The minimum atomic E-state index is -4.25. The molecule has 0 aromatic heterocycles. The van der Waals surface area contributed by atoms with Crippen LogP contribution in [0.3, 0.4) is 0 Å². The second-order valence-electron chi connectivity index (χ2n) is 4.66. The molecule has 0 saturated heterocycles. The summed E-state index contributed by atoms with van der Waals surface area (Å²) < 4.78 is 30.8. The van der Waals surface area contributed by atoms with Gasteiger partial charge in [0.05, 0.1) is 4.90 Å². The highest BCUT2D eigenvalue weighted by molar-refractivity contribution is 7.85. The smallest absolute Gasteiger partial charge is 0.124 e. The van der Waals surface area contributed by atoms with Crippen molar-refractivity contribution >= 4 is 20.9 Å². The molecule has 0 unspecified atom stereocenters. The van der Waals surface area contributed by atoms with Crippen molar-refractivity contribution in [2.75, 3.05) is 0 Å². The van der Waals surface area contributed by atoms with Gasteiger partial charge in [0.2, 0.25) is 0 Å². The minimum Gasteiger partial charge on any atom is -0.744 e. The monoisotopic (exact) mass is 315 g/mol. The fraction of sp³-hybridized carbons (Fsp3) is 0.0588. The maximum Gasteiger partial charge on any atom is 0.124 e. The average Bonchev–Trinajstić information content (AvgIpc) is 2.55. The van der Waals surface area contributed by atoms with E-state index in [0.717, 1.165) is 6.54 Å². The quantitative estimate of drug-likeness (QED) is 0.735. The summed E-state index contributed by atoms with van der Waals surface area (Å²) in [6, 6.07) is 22.0. The molecule has 0 atom stereocenters. The van der Waals surface area contributed by atoms with Gasteiger partial charge in [-0.3, -0.25) is 0 Å². The van der Waals surface area contributed by atoms with Crippen molar-refractivity contribution < 1.29 is 18.7 Å². The van der Waals surface area contributed by atoms with Gasteiger partial charge in [0.1, 0.15) is 16.7 Å². The Morgan fingerprint density at radius 1 is 0.818 bits per heavy atom. The van der Waals surface area contributed by atoms with Crippen LogP contribution >= 0.6 is 0 Å². The van der Waals surface area contributed by atoms with Gasteiger partial charge in [-0.1, -0.05) is 60.7 Å². The van der Waals surface area contributed by atoms with E-state index in [1.54, 1.807) is 6.07 Å². The van der Waals surface area contributed by atoms with Crippen LogP contribution in [0, 0.1) is 0 Å². The average molecular weight is 315 g/mol. The summed E-state index contributed by atoms with van der Waals surface area (Å²) in [5.74, 6) is 0. The summed E-state index contributed by atoms with van der Waals surface area (Å²) in [6.07, 6.45) is 0. The van der Waals surface area contributed by atoms with Crippen LogP contribution in [0.4, 0.5) is 0 Å². The van der Waals surface area contributed by atoms with Crippen LogP contribution in [0.2, 0.25) is 0 Å². The van der Waals surface area contributed by atoms with Gasteiger partial charge in [0, 0.05) is 5.56 Å². The second-order valence-corrected chi connectivity index (χ2v) is 6.04. The zero-order valence-corrected chi connectivity index (χ0v) is 12.8. The summed E-state index contributed by atoms with van der Waals surface area (Å²) in [4.78, 5) is -0.185. The highest BCUT2D eigenvalue weighted by Crippen LogP contribution is 2.17. The lowest BCUT2D eigenvalue weighted by Gasteiger charge is -2.04. The van der Waals surface area contributed by atoms with Crippen LogP contribution in [0.5, 0.6) is 0 Å². The topological polar surface area (TPSA) is 84.8 Å². The van der Waals surface area contributed by atoms with Gasteiger partial charge in [-0.2, -0.15) is 0 Å². The van der Waals surface area contributed by atoms with Gasteiger partial charge in [-0.25, -0.2) is 8.42 Å². The summed E-state index contributed by atoms with van der Waals surface area (Å²) in [7, 11) is -4.25. The molecule has 0 aliphatic rings. The van der Waals surface area contributed by atoms with Crippen molar-refractivity contribution in [2.24, 2.45) is 0 Å². The summed E-state index contributed by atoms with van der Waals surface area (Å²) in [5.41, 5.74) is 5.23. The lowest BCUT2D eigenvalue weighted by atomic mass is 10.1. The van der Waals surface area contributed by atoms with E-state index in [9.17, 15) is 13.0 Å². The molecule has 0 spiro atoms. The van der Waals surface area contributed by atoms with E-state index in [1.165, 1.54) is 40.6 Å². The minimum absolute atomic E-state index is 0.185. The molecule has 0 heterocycles. The lowest BCUT2D eigenvalue weighted by molar-refractivity contribution is -0.386. The van der Waals surface area contributed by atoms with Crippen molar-refractivity contribution in [3.8, 4) is 0 Å². The Kier molecular flexibility index (Phi) is 5.27. The van der Waals surface area contributed by atoms with Crippen molar-refractivity contribution in [2.45, 2.75) is 11.4 Å². The van der Waals surface area contributed by atoms with Crippen molar-refractivity contribution in [3.63, 3.8) is 0 Å². The highest BCUT2D eigenvalue weighted by atomic mass is 32.2. The van der Waals surface area contributed by atoms with Crippen molar-refractivity contribution in [1.82, 2.24) is 0 Å². The molecule has 22 heavy (non-hydrogen) atoms. The van der Waals surface area contributed by atoms with Crippen molar-refractivity contribution in [3.05, 3.63) is 78.4 Å². The largest absolute Gasteiger partial charge is 0.744 e. The zero-order valence-electron chi connectivity index (χ0n) is 12.0. The van der Waals surface area contributed by atoms with E-state index in [-0.39, 0.29) is 4.90 Å². The van der Waals surface area contributed by atoms with Crippen LogP contribution in [0.25, 0.3) is 10.8 Å². The van der Waals surface area contributed by atoms with Crippen LogP contribution in [-0.2, 0) is 16.7 Å².